The summed E-state index contributed by atoms with van der Waals surface area (Å²) in [4.78, 5) is 28.8. The molecular weight excluding hydrogens is 335 g/mol. The number of carbonyl (C=O) groups excluding carboxylic acids is 2. The van der Waals surface area contributed by atoms with Crippen molar-refractivity contribution in [2.24, 2.45) is 0 Å². The lowest BCUT2D eigenvalue weighted by molar-refractivity contribution is 0.0311. The van der Waals surface area contributed by atoms with Crippen molar-refractivity contribution in [2.75, 3.05) is 0 Å². The second kappa shape index (κ2) is 7.31. The number of rotatable bonds is 5. The highest BCUT2D eigenvalue weighted by atomic mass is 19.1. The summed E-state index contributed by atoms with van der Waals surface area (Å²) in [7, 11) is 0. The number of halogens is 1. The van der Waals surface area contributed by atoms with Crippen LogP contribution in [0.15, 0.2) is 61.1 Å². The molecule has 0 fully saturated rings. The molecule has 0 saturated heterocycles. The summed E-state index contributed by atoms with van der Waals surface area (Å²) in [5.41, 5.74) is 2.23. The van der Waals surface area contributed by atoms with E-state index in [2.05, 4.69) is 4.98 Å². The first-order valence-electron chi connectivity index (χ1n) is 8.06. The van der Waals surface area contributed by atoms with E-state index in [9.17, 15) is 14.0 Å². The van der Waals surface area contributed by atoms with Gasteiger partial charge in [-0.3, -0.25) is 9.36 Å². The largest absolute Gasteiger partial charge is 0.450 e. The van der Waals surface area contributed by atoms with Crippen LogP contribution < -0.4 is 0 Å². The van der Waals surface area contributed by atoms with Crippen molar-refractivity contribution in [1.82, 2.24) is 9.55 Å². The highest BCUT2D eigenvalue weighted by Gasteiger charge is 2.22. The predicted molar refractivity (Wildman–Crippen MR) is 93.9 cm³/mol. The molecule has 0 saturated carbocycles. The maximum atomic E-state index is 13.1. The van der Waals surface area contributed by atoms with E-state index in [-0.39, 0.29) is 17.3 Å². The molecule has 6 heteroatoms. The minimum Gasteiger partial charge on any atom is -0.450 e. The van der Waals surface area contributed by atoms with Crippen LogP contribution in [0.3, 0.4) is 0 Å². The van der Waals surface area contributed by atoms with Gasteiger partial charge in [0.15, 0.2) is 11.8 Å². The van der Waals surface area contributed by atoms with E-state index in [1.54, 1.807) is 12.1 Å². The topological polar surface area (TPSA) is 61.2 Å². The highest BCUT2D eigenvalue weighted by Crippen LogP contribution is 2.15. The number of aryl methyl sites for hydroxylation is 1. The molecule has 5 nitrogen and oxygen atoms in total. The fourth-order valence-electron chi connectivity index (χ4n) is 2.48. The van der Waals surface area contributed by atoms with Gasteiger partial charge in [-0.2, -0.15) is 0 Å². The van der Waals surface area contributed by atoms with E-state index in [0.717, 1.165) is 5.56 Å². The van der Waals surface area contributed by atoms with Gasteiger partial charge < -0.3 is 4.74 Å². The van der Waals surface area contributed by atoms with Crippen molar-refractivity contribution in [1.29, 1.82) is 0 Å². The number of hydrogen-bond donors (Lipinski definition) is 0. The number of imidazole rings is 1. The lowest BCUT2D eigenvalue weighted by atomic mass is 10.1. The van der Waals surface area contributed by atoms with Crippen LogP contribution in [-0.2, 0) is 4.74 Å². The molecule has 0 aliphatic carbocycles. The van der Waals surface area contributed by atoms with Gasteiger partial charge in [0, 0.05) is 11.3 Å². The third kappa shape index (κ3) is 3.69. The first kappa shape index (κ1) is 17.5. The molecule has 0 spiro atoms. The standard InChI is InChI=1S/C20H17FN2O3/c1-13-3-5-15(6-4-13)19(24)14(2)26-20(25)18-11-22-12-23(18)17-9-7-16(21)8-10-17/h3-12,14H,1-2H3/t14-/m1/s1. The average Bonchev–Trinajstić information content (AvgIpc) is 3.12. The molecule has 1 heterocycles. The first-order valence-corrected chi connectivity index (χ1v) is 8.06. The van der Waals surface area contributed by atoms with Gasteiger partial charge in [0.05, 0.1) is 12.5 Å². The maximum absolute atomic E-state index is 13.1. The van der Waals surface area contributed by atoms with Crippen molar-refractivity contribution < 1.29 is 18.7 Å². The van der Waals surface area contributed by atoms with Gasteiger partial charge in [-0.15, -0.1) is 0 Å². The van der Waals surface area contributed by atoms with E-state index in [4.69, 9.17) is 4.74 Å². The molecule has 1 atom stereocenters. The molecule has 26 heavy (non-hydrogen) atoms. The normalized spacial score (nSPS) is 11.8. The van der Waals surface area contributed by atoms with Gasteiger partial charge in [-0.1, -0.05) is 29.8 Å². The molecule has 2 aromatic carbocycles. The molecule has 0 radical (unpaired) electrons. The summed E-state index contributed by atoms with van der Waals surface area (Å²) in [5.74, 6) is -1.35. The van der Waals surface area contributed by atoms with Gasteiger partial charge in [-0.25, -0.2) is 14.2 Å². The molecule has 0 amide bonds. The van der Waals surface area contributed by atoms with E-state index in [0.29, 0.717) is 11.3 Å². The van der Waals surface area contributed by atoms with Crippen LogP contribution >= 0.6 is 0 Å². The molecular formula is C20H17FN2O3. The summed E-state index contributed by atoms with van der Waals surface area (Å²) >= 11 is 0. The van der Waals surface area contributed by atoms with Gasteiger partial charge >= 0.3 is 5.97 Å². The van der Waals surface area contributed by atoms with Crippen molar-refractivity contribution in [3.63, 3.8) is 0 Å². The van der Waals surface area contributed by atoms with Crippen molar-refractivity contribution >= 4 is 11.8 Å². The van der Waals surface area contributed by atoms with E-state index in [1.807, 2.05) is 19.1 Å². The zero-order valence-electron chi connectivity index (χ0n) is 14.3. The molecule has 3 rings (SSSR count). The minimum atomic E-state index is -0.943. The molecule has 0 aliphatic heterocycles. The van der Waals surface area contributed by atoms with Gasteiger partial charge in [0.25, 0.3) is 0 Å². The van der Waals surface area contributed by atoms with Crippen LogP contribution in [0.2, 0.25) is 0 Å². The van der Waals surface area contributed by atoms with Crippen LogP contribution in [-0.4, -0.2) is 27.4 Å². The number of Topliss-reactive ketones (excluding diaryl/α,β-unsaturated/α-hetero) is 1. The SMILES string of the molecule is Cc1ccc(C(=O)[C@@H](C)OC(=O)c2cncn2-c2ccc(F)cc2)cc1. The Labute approximate surface area is 150 Å². The number of carbonyl (C=O) groups is 2. The second-order valence-corrected chi connectivity index (χ2v) is 5.90. The fraction of sp³-hybridized carbons (Fsp3) is 0.150. The average molecular weight is 352 g/mol. The number of esters is 1. The number of hydrogen-bond acceptors (Lipinski definition) is 4. The summed E-state index contributed by atoms with van der Waals surface area (Å²) in [6.07, 6.45) is 1.83. The molecule has 0 bridgehead atoms. The Kier molecular flexibility index (Phi) is 4.93. The number of ketones is 1. The Bertz CT molecular complexity index is 930. The lowest BCUT2D eigenvalue weighted by Gasteiger charge is -2.13. The van der Waals surface area contributed by atoms with Crippen molar-refractivity contribution in [2.45, 2.75) is 20.0 Å². The van der Waals surface area contributed by atoms with Gasteiger partial charge in [-0.05, 0) is 38.1 Å². The zero-order chi connectivity index (χ0) is 18.7. The predicted octanol–water partition coefficient (Wildman–Crippen LogP) is 3.75. The highest BCUT2D eigenvalue weighted by molar-refractivity contribution is 6.01. The Morgan fingerprint density at radius 2 is 1.73 bits per heavy atom. The lowest BCUT2D eigenvalue weighted by Crippen LogP contribution is -2.25. The Hall–Kier alpha value is -3.28. The maximum Gasteiger partial charge on any atom is 0.357 e. The van der Waals surface area contributed by atoms with Crippen LogP contribution in [0, 0.1) is 12.7 Å². The molecule has 0 N–H and O–H groups in total. The zero-order valence-corrected chi connectivity index (χ0v) is 14.3. The number of benzene rings is 2. The first-order chi connectivity index (χ1) is 12.5. The molecule has 132 valence electrons. The Morgan fingerprint density at radius 1 is 1.08 bits per heavy atom. The minimum absolute atomic E-state index is 0.153. The van der Waals surface area contributed by atoms with Gasteiger partial charge in [0.1, 0.15) is 5.82 Å². The summed E-state index contributed by atoms with van der Waals surface area (Å²) in [6.45, 7) is 3.45. The van der Waals surface area contributed by atoms with E-state index in [1.165, 1.54) is 48.3 Å². The Morgan fingerprint density at radius 3 is 2.38 bits per heavy atom. The number of nitrogens with zero attached hydrogens (tertiary/aromatic N) is 2. The summed E-state index contributed by atoms with van der Waals surface area (Å²) in [5, 5.41) is 0. The van der Waals surface area contributed by atoms with Crippen molar-refractivity contribution in [3.8, 4) is 5.69 Å². The van der Waals surface area contributed by atoms with Crippen LogP contribution in [0.5, 0.6) is 0 Å². The third-order valence-corrected chi connectivity index (χ3v) is 3.94. The van der Waals surface area contributed by atoms with Crippen LogP contribution in [0.25, 0.3) is 5.69 Å². The number of ether oxygens (including phenoxy) is 1. The Balaban J connectivity index is 1.76. The summed E-state index contributed by atoms with van der Waals surface area (Å²) in [6, 6.07) is 12.7. The van der Waals surface area contributed by atoms with Crippen LogP contribution in [0.1, 0.15) is 33.3 Å². The number of aromatic nitrogens is 2. The monoisotopic (exact) mass is 352 g/mol. The van der Waals surface area contributed by atoms with Gasteiger partial charge in [0.2, 0.25) is 5.78 Å². The fourth-order valence-corrected chi connectivity index (χ4v) is 2.48. The summed E-state index contributed by atoms with van der Waals surface area (Å²) < 4.78 is 19.9. The van der Waals surface area contributed by atoms with E-state index < -0.39 is 12.1 Å². The van der Waals surface area contributed by atoms with Crippen LogP contribution in [0.4, 0.5) is 4.39 Å². The smallest absolute Gasteiger partial charge is 0.357 e. The molecule has 0 unspecified atom stereocenters. The third-order valence-electron chi connectivity index (χ3n) is 3.94. The second-order valence-electron chi connectivity index (χ2n) is 5.90. The molecule has 0 aliphatic rings. The quantitative estimate of drug-likeness (QED) is 0.518. The van der Waals surface area contributed by atoms with Crippen molar-refractivity contribution in [3.05, 3.63) is 83.7 Å². The molecule has 3 aromatic rings. The molecule has 1 aromatic heterocycles. The van der Waals surface area contributed by atoms with E-state index >= 15 is 0 Å².